The summed E-state index contributed by atoms with van der Waals surface area (Å²) in [5, 5.41) is 10.4. The van der Waals surface area contributed by atoms with Crippen molar-refractivity contribution in [2.24, 2.45) is 5.92 Å². The molecule has 2 heteroatoms. The van der Waals surface area contributed by atoms with E-state index < -0.39 is 6.10 Å². The summed E-state index contributed by atoms with van der Waals surface area (Å²) < 4.78 is 0. The van der Waals surface area contributed by atoms with Gasteiger partial charge in [-0.3, -0.25) is 0 Å². The van der Waals surface area contributed by atoms with Crippen LogP contribution in [0, 0.1) is 5.92 Å². The Labute approximate surface area is 126 Å². The Hall–Kier alpha value is -1.25. The molecule has 0 aliphatic heterocycles. The van der Waals surface area contributed by atoms with Crippen molar-refractivity contribution in [2.75, 3.05) is 6.26 Å². The molecule has 0 heterocycles. The number of hydrogen-bond acceptors (Lipinski definition) is 2. The zero-order valence-electron chi connectivity index (χ0n) is 12.3. The molecule has 0 aliphatic rings. The van der Waals surface area contributed by atoms with Crippen molar-refractivity contribution < 1.29 is 5.11 Å². The maximum atomic E-state index is 10.4. The Kier molecular flexibility index (Phi) is 5.27. The number of thioether (sulfide) groups is 1. The summed E-state index contributed by atoms with van der Waals surface area (Å²) in [6.07, 6.45) is 2.59. The van der Waals surface area contributed by atoms with E-state index in [1.54, 1.807) is 11.8 Å². The van der Waals surface area contributed by atoms with Crippen molar-refractivity contribution in [2.45, 2.75) is 31.3 Å². The molecule has 1 nitrogen and oxygen atoms in total. The molecule has 2 aromatic carbocycles. The van der Waals surface area contributed by atoms with Gasteiger partial charge in [-0.15, -0.1) is 11.8 Å². The minimum absolute atomic E-state index is 0.543. The first-order chi connectivity index (χ1) is 9.60. The van der Waals surface area contributed by atoms with Gasteiger partial charge in [0.2, 0.25) is 0 Å². The predicted octanol–water partition coefficient (Wildman–Crippen LogP) is 4.69. The monoisotopic (exact) mass is 286 g/mol. The maximum Gasteiger partial charge on any atom is 0.104 e. The van der Waals surface area contributed by atoms with Crippen molar-refractivity contribution in [1.29, 1.82) is 0 Å². The van der Waals surface area contributed by atoms with Crippen molar-refractivity contribution in [3.8, 4) is 0 Å². The van der Waals surface area contributed by atoms with Crippen molar-refractivity contribution >= 4 is 11.8 Å². The topological polar surface area (TPSA) is 20.2 Å². The molecule has 1 N–H and O–H groups in total. The smallest absolute Gasteiger partial charge is 0.104 e. The third-order valence-electron chi connectivity index (χ3n) is 3.37. The van der Waals surface area contributed by atoms with Crippen LogP contribution in [-0.4, -0.2) is 11.4 Å². The molecule has 0 aliphatic carbocycles. The number of aliphatic hydroxyl groups excluding tert-OH is 1. The van der Waals surface area contributed by atoms with Crippen LogP contribution in [0.15, 0.2) is 53.4 Å². The Morgan fingerprint density at radius 3 is 1.85 bits per heavy atom. The molecule has 0 radical (unpaired) electrons. The second-order valence-electron chi connectivity index (χ2n) is 5.52. The fraction of sp³-hybridized carbons (Fsp3) is 0.333. The largest absolute Gasteiger partial charge is 0.384 e. The van der Waals surface area contributed by atoms with E-state index in [2.05, 4.69) is 44.4 Å². The van der Waals surface area contributed by atoms with Crippen molar-refractivity contribution in [3.05, 3.63) is 65.2 Å². The summed E-state index contributed by atoms with van der Waals surface area (Å²) in [6.45, 7) is 4.44. The third-order valence-corrected chi connectivity index (χ3v) is 4.11. The average Bonchev–Trinajstić information content (AvgIpc) is 2.47. The first-order valence-corrected chi connectivity index (χ1v) is 8.23. The molecule has 0 aromatic heterocycles. The zero-order valence-corrected chi connectivity index (χ0v) is 13.2. The molecule has 2 rings (SSSR count). The Morgan fingerprint density at radius 2 is 1.40 bits per heavy atom. The van der Waals surface area contributed by atoms with E-state index in [1.807, 2.05) is 24.3 Å². The highest BCUT2D eigenvalue weighted by atomic mass is 32.2. The predicted molar refractivity (Wildman–Crippen MR) is 87.3 cm³/mol. The molecule has 0 saturated carbocycles. The van der Waals surface area contributed by atoms with Gasteiger partial charge in [0, 0.05) is 4.90 Å². The van der Waals surface area contributed by atoms with Gasteiger partial charge in [-0.2, -0.15) is 0 Å². The van der Waals surface area contributed by atoms with Gasteiger partial charge < -0.3 is 5.11 Å². The van der Waals surface area contributed by atoms with E-state index in [0.29, 0.717) is 5.92 Å². The average molecular weight is 286 g/mol. The molecule has 106 valence electrons. The van der Waals surface area contributed by atoms with Crippen molar-refractivity contribution in [1.82, 2.24) is 0 Å². The van der Waals surface area contributed by atoms with Gasteiger partial charge in [-0.25, -0.2) is 0 Å². The van der Waals surface area contributed by atoms with E-state index in [1.165, 1.54) is 10.5 Å². The normalized spacial score (nSPS) is 12.7. The van der Waals surface area contributed by atoms with Crippen LogP contribution in [0.3, 0.4) is 0 Å². The molecular formula is C18H22OS. The van der Waals surface area contributed by atoms with Gasteiger partial charge in [0.15, 0.2) is 0 Å². The summed E-state index contributed by atoms with van der Waals surface area (Å²) in [4.78, 5) is 1.22. The van der Waals surface area contributed by atoms with E-state index in [4.69, 9.17) is 0 Å². The van der Waals surface area contributed by atoms with Crippen LogP contribution in [0.2, 0.25) is 0 Å². The second kappa shape index (κ2) is 6.96. The molecule has 0 amide bonds. The quantitative estimate of drug-likeness (QED) is 0.805. The molecule has 0 fully saturated rings. The molecule has 0 spiro atoms. The first-order valence-electron chi connectivity index (χ1n) is 7.01. The van der Waals surface area contributed by atoms with E-state index in [0.717, 1.165) is 17.5 Å². The van der Waals surface area contributed by atoms with Gasteiger partial charge in [0.25, 0.3) is 0 Å². The Balaban J connectivity index is 2.13. The highest BCUT2D eigenvalue weighted by molar-refractivity contribution is 7.98. The van der Waals surface area contributed by atoms with Crippen LogP contribution < -0.4 is 0 Å². The van der Waals surface area contributed by atoms with Crippen molar-refractivity contribution in [3.63, 3.8) is 0 Å². The van der Waals surface area contributed by atoms with Gasteiger partial charge in [0.1, 0.15) is 6.10 Å². The van der Waals surface area contributed by atoms with E-state index in [-0.39, 0.29) is 0 Å². The Morgan fingerprint density at radius 1 is 0.900 bits per heavy atom. The van der Waals surface area contributed by atoms with E-state index in [9.17, 15) is 5.11 Å². The number of benzene rings is 2. The molecule has 0 saturated heterocycles. The van der Waals surface area contributed by atoms with Gasteiger partial charge in [-0.1, -0.05) is 50.2 Å². The molecule has 20 heavy (non-hydrogen) atoms. The summed E-state index contributed by atoms with van der Waals surface area (Å²) in [5.74, 6) is 0.657. The number of rotatable bonds is 5. The van der Waals surface area contributed by atoms with Crippen LogP contribution in [0.5, 0.6) is 0 Å². The first kappa shape index (κ1) is 15.1. The lowest BCUT2D eigenvalue weighted by molar-refractivity contribution is 0.220. The van der Waals surface area contributed by atoms with Crippen LogP contribution in [0.1, 0.15) is 36.6 Å². The summed E-state index contributed by atoms with van der Waals surface area (Å²) in [7, 11) is 0. The number of aliphatic hydroxyl groups is 1. The molecule has 1 unspecified atom stereocenters. The molecule has 0 bridgehead atoms. The van der Waals surface area contributed by atoms with Crippen LogP contribution in [-0.2, 0) is 6.42 Å². The lowest BCUT2D eigenvalue weighted by Crippen LogP contribution is -2.00. The summed E-state index contributed by atoms with van der Waals surface area (Å²) in [5.41, 5.74) is 3.22. The van der Waals surface area contributed by atoms with Gasteiger partial charge in [-0.05, 0) is 47.4 Å². The zero-order chi connectivity index (χ0) is 14.5. The molecule has 2 aromatic rings. The Bertz CT molecular complexity index is 528. The maximum absolute atomic E-state index is 10.4. The van der Waals surface area contributed by atoms with E-state index >= 15 is 0 Å². The fourth-order valence-corrected chi connectivity index (χ4v) is 2.69. The SMILES string of the molecule is CSc1ccc(C(O)c2ccc(CC(C)C)cc2)cc1. The molecular weight excluding hydrogens is 264 g/mol. The van der Waals surface area contributed by atoms with Crippen LogP contribution in [0.25, 0.3) is 0 Å². The van der Waals surface area contributed by atoms with Crippen LogP contribution in [0.4, 0.5) is 0 Å². The van der Waals surface area contributed by atoms with Gasteiger partial charge >= 0.3 is 0 Å². The third kappa shape index (κ3) is 3.87. The molecule has 1 atom stereocenters. The minimum atomic E-state index is -0.543. The second-order valence-corrected chi connectivity index (χ2v) is 6.39. The number of hydrogen-bond donors (Lipinski definition) is 1. The lowest BCUT2D eigenvalue weighted by atomic mass is 9.97. The summed E-state index contributed by atoms with van der Waals surface area (Å²) >= 11 is 1.71. The standard InChI is InChI=1S/C18H22OS/c1-13(2)12-14-4-6-15(7-5-14)18(19)16-8-10-17(20-3)11-9-16/h4-11,13,18-19H,12H2,1-3H3. The highest BCUT2D eigenvalue weighted by Crippen LogP contribution is 2.25. The van der Waals surface area contributed by atoms with Gasteiger partial charge in [0.05, 0.1) is 0 Å². The summed E-state index contributed by atoms with van der Waals surface area (Å²) in [6, 6.07) is 16.4. The highest BCUT2D eigenvalue weighted by Gasteiger charge is 2.10. The fourth-order valence-electron chi connectivity index (χ4n) is 2.29. The minimum Gasteiger partial charge on any atom is -0.384 e. The van der Waals surface area contributed by atoms with Crippen LogP contribution >= 0.6 is 11.8 Å². The lowest BCUT2D eigenvalue weighted by Gasteiger charge is -2.13.